The van der Waals surface area contributed by atoms with Crippen molar-refractivity contribution in [3.63, 3.8) is 0 Å². The minimum atomic E-state index is -1.03. The summed E-state index contributed by atoms with van der Waals surface area (Å²) in [5.74, 6) is 1.30. The van der Waals surface area contributed by atoms with E-state index in [1.54, 1.807) is 4.68 Å². The zero-order chi connectivity index (χ0) is 11.6. The number of carbonyl (C=O) groups excluding carboxylic acids is 1. The van der Waals surface area contributed by atoms with Gasteiger partial charge in [0, 0.05) is 12.3 Å². The first kappa shape index (κ1) is 9.74. The molecule has 3 aliphatic rings. The lowest BCUT2D eigenvalue weighted by molar-refractivity contribution is 0.0956. The molecule has 90 valence electrons. The van der Waals surface area contributed by atoms with Crippen LogP contribution < -0.4 is 0 Å². The molecule has 2 heterocycles. The maximum Gasteiger partial charge on any atom is 0.217 e. The Morgan fingerprint density at radius 2 is 2.06 bits per heavy atom. The van der Waals surface area contributed by atoms with Crippen LogP contribution in [0.5, 0.6) is 0 Å². The molecule has 1 aromatic rings. The summed E-state index contributed by atoms with van der Waals surface area (Å²) in [4.78, 5) is 16.0. The summed E-state index contributed by atoms with van der Waals surface area (Å²) < 4.78 is 15.5. The molecule has 2 unspecified atom stereocenters. The van der Waals surface area contributed by atoms with Crippen molar-refractivity contribution in [3.05, 3.63) is 11.6 Å². The Morgan fingerprint density at radius 1 is 1.29 bits per heavy atom. The average molecular weight is 235 g/mol. The average Bonchev–Trinajstić information content (AvgIpc) is 3.20. The Hall–Kier alpha value is -1.26. The van der Waals surface area contributed by atoms with Crippen LogP contribution >= 0.6 is 0 Å². The van der Waals surface area contributed by atoms with Gasteiger partial charge in [-0.3, -0.25) is 4.79 Å². The van der Waals surface area contributed by atoms with Gasteiger partial charge < -0.3 is 0 Å². The lowest BCUT2D eigenvalue weighted by Gasteiger charge is -2.08. The van der Waals surface area contributed by atoms with Gasteiger partial charge in [0.2, 0.25) is 11.6 Å². The molecule has 2 fully saturated rings. The quantitative estimate of drug-likeness (QED) is 0.755. The Balaban J connectivity index is 1.69. The second kappa shape index (κ2) is 3.15. The molecule has 0 saturated heterocycles. The summed E-state index contributed by atoms with van der Waals surface area (Å²) in [7, 11) is 0. The molecule has 2 atom stereocenters. The number of hydrogen-bond acceptors (Lipinski definition) is 3. The zero-order valence-electron chi connectivity index (χ0n) is 9.47. The number of alkyl halides is 1. The van der Waals surface area contributed by atoms with E-state index in [1.165, 1.54) is 0 Å². The van der Waals surface area contributed by atoms with Crippen LogP contribution in [0.25, 0.3) is 0 Å². The number of Topliss-reactive ketones (excluding diaryl/α,β-unsaturated/α-hetero) is 1. The Bertz CT molecular complexity index is 490. The maximum absolute atomic E-state index is 13.8. The van der Waals surface area contributed by atoms with E-state index < -0.39 is 6.17 Å². The molecule has 4 nitrogen and oxygen atoms in total. The predicted octanol–water partition coefficient (Wildman–Crippen LogP) is 2.24. The molecule has 0 bridgehead atoms. The number of fused-ring (bicyclic) bond motifs is 1. The standard InChI is InChI=1S/C12H14FN3O/c13-8-5-9(6-1-2-6)16-12(8)14-11(15-16)10(17)7-3-4-7/h6-9H,1-5H2. The van der Waals surface area contributed by atoms with Gasteiger partial charge in [0.1, 0.15) is 0 Å². The van der Waals surface area contributed by atoms with Gasteiger partial charge in [-0.2, -0.15) is 0 Å². The van der Waals surface area contributed by atoms with Crippen molar-refractivity contribution in [1.82, 2.24) is 14.8 Å². The number of rotatable bonds is 3. The summed E-state index contributed by atoms with van der Waals surface area (Å²) in [6.45, 7) is 0. The molecule has 2 saturated carbocycles. The number of aromatic nitrogens is 3. The third kappa shape index (κ3) is 1.44. The highest BCUT2D eigenvalue weighted by atomic mass is 19.1. The molecule has 17 heavy (non-hydrogen) atoms. The van der Waals surface area contributed by atoms with Crippen LogP contribution in [0.1, 0.15) is 60.8 Å². The summed E-state index contributed by atoms with van der Waals surface area (Å²) in [6.07, 6.45) is 3.65. The molecular formula is C12H14FN3O. The Morgan fingerprint density at radius 3 is 2.71 bits per heavy atom. The van der Waals surface area contributed by atoms with Crippen LogP contribution in [0.3, 0.4) is 0 Å². The van der Waals surface area contributed by atoms with Crippen LogP contribution in [-0.4, -0.2) is 20.5 Å². The van der Waals surface area contributed by atoms with Gasteiger partial charge in [0.15, 0.2) is 12.0 Å². The molecule has 0 radical (unpaired) electrons. The number of ketones is 1. The van der Waals surface area contributed by atoms with E-state index in [9.17, 15) is 9.18 Å². The van der Waals surface area contributed by atoms with Crippen LogP contribution in [0.15, 0.2) is 0 Å². The molecule has 0 N–H and O–H groups in total. The molecule has 0 spiro atoms. The molecular weight excluding hydrogens is 221 g/mol. The first-order valence-corrected chi connectivity index (χ1v) is 6.39. The molecule has 4 rings (SSSR count). The largest absolute Gasteiger partial charge is 0.290 e. The highest BCUT2D eigenvalue weighted by Crippen LogP contribution is 2.49. The van der Waals surface area contributed by atoms with Gasteiger partial charge in [-0.05, 0) is 31.6 Å². The van der Waals surface area contributed by atoms with Crippen molar-refractivity contribution in [1.29, 1.82) is 0 Å². The SMILES string of the molecule is O=C(c1nc2n(n1)C(C1CC1)CC2F)C1CC1. The fourth-order valence-corrected chi connectivity index (χ4v) is 2.72. The van der Waals surface area contributed by atoms with E-state index in [4.69, 9.17) is 0 Å². The van der Waals surface area contributed by atoms with Gasteiger partial charge in [-0.15, -0.1) is 5.10 Å². The van der Waals surface area contributed by atoms with E-state index in [-0.39, 0.29) is 23.6 Å². The molecule has 1 aliphatic heterocycles. The lowest BCUT2D eigenvalue weighted by Crippen LogP contribution is -2.10. The van der Waals surface area contributed by atoms with Crippen LogP contribution in [0, 0.1) is 11.8 Å². The normalized spacial score (nSPS) is 31.6. The third-order valence-corrected chi connectivity index (χ3v) is 4.04. The van der Waals surface area contributed by atoms with Gasteiger partial charge in [-0.25, -0.2) is 14.1 Å². The van der Waals surface area contributed by atoms with E-state index in [2.05, 4.69) is 10.1 Å². The smallest absolute Gasteiger partial charge is 0.217 e. The highest BCUT2D eigenvalue weighted by Gasteiger charge is 2.44. The van der Waals surface area contributed by atoms with Crippen LogP contribution in [0.2, 0.25) is 0 Å². The minimum absolute atomic E-state index is 0.00801. The number of carbonyl (C=O) groups is 1. The van der Waals surface area contributed by atoms with E-state index >= 15 is 0 Å². The fraction of sp³-hybridized carbons (Fsp3) is 0.750. The molecule has 5 heteroatoms. The van der Waals surface area contributed by atoms with Gasteiger partial charge in [-0.1, -0.05) is 0 Å². The maximum atomic E-state index is 13.8. The van der Waals surface area contributed by atoms with Crippen molar-refractivity contribution in [2.75, 3.05) is 0 Å². The van der Waals surface area contributed by atoms with Crippen molar-refractivity contribution < 1.29 is 9.18 Å². The van der Waals surface area contributed by atoms with Crippen molar-refractivity contribution in [2.45, 2.75) is 44.3 Å². The van der Waals surface area contributed by atoms with Crippen molar-refractivity contribution >= 4 is 5.78 Å². The fourth-order valence-electron chi connectivity index (χ4n) is 2.72. The van der Waals surface area contributed by atoms with Crippen LogP contribution in [0.4, 0.5) is 4.39 Å². The Labute approximate surface area is 98.2 Å². The summed E-state index contributed by atoms with van der Waals surface area (Å²) in [5.41, 5.74) is 0. The second-order valence-corrected chi connectivity index (χ2v) is 5.48. The first-order valence-electron chi connectivity index (χ1n) is 6.39. The minimum Gasteiger partial charge on any atom is -0.290 e. The monoisotopic (exact) mass is 235 g/mol. The topological polar surface area (TPSA) is 47.8 Å². The molecule has 0 amide bonds. The number of nitrogens with zero attached hydrogens (tertiary/aromatic N) is 3. The van der Waals surface area contributed by atoms with E-state index in [0.29, 0.717) is 18.2 Å². The summed E-state index contributed by atoms with van der Waals surface area (Å²) >= 11 is 0. The van der Waals surface area contributed by atoms with Gasteiger partial charge >= 0.3 is 0 Å². The molecule has 2 aliphatic carbocycles. The third-order valence-electron chi connectivity index (χ3n) is 4.04. The van der Waals surface area contributed by atoms with Crippen LogP contribution in [-0.2, 0) is 0 Å². The predicted molar refractivity (Wildman–Crippen MR) is 57.3 cm³/mol. The second-order valence-electron chi connectivity index (χ2n) is 5.48. The van der Waals surface area contributed by atoms with Crippen molar-refractivity contribution in [3.8, 4) is 0 Å². The lowest BCUT2D eigenvalue weighted by atomic mass is 10.1. The molecule has 1 aromatic heterocycles. The van der Waals surface area contributed by atoms with Crippen molar-refractivity contribution in [2.24, 2.45) is 11.8 Å². The number of halogens is 1. The summed E-state index contributed by atoms with van der Waals surface area (Å²) in [5, 5.41) is 4.26. The zero-order valence-corrected chi connectivity index (χ0v) is 9.47. The van der Waals surface area contributed by atoms with Gasteiger partial charge in [0.25, 0.3) is 0 Å². The molecule has 0 aromatic carbocycles. The van der Waals surface area contributed by atoms with E-state index in [1.807, 2.05) is 0 Å². The van der Waals surface area contributed by atoms with Gasteiger partial charge in [0.05, 0.1) is 6.04 Å². The highest BCUT2D eigenvalue weighted by molar-refractivity contribution is 5.95. The Kier molecular flexibility index (Phi) is 1.80. The first-order chi connectivity index (χ1) is 8.24. The van der Waals surface area contributed by atoms with E-state index in [0.717, 1.165) is 25.7 Å². The number of hydrogen-bond donors (Lipinski definition) is 0. The summed E-state index contributed by atoms with van der Waals surface area (Å²) in [6, 6.07) is 0.147.